The van der Waals surface area contributed by atoms with Crippen molar-refractivity contribution in [2.24, 2.45) is 0 Å². The number of esters is 1. The third-order valence-corrected chi connectivity index (χ3v) is 2.62. The van der Waals surface area contributed by atoms with E-state index in [2.05, 4.69) is 6.58 Å². The molecule has 0 unspecified atom stereocenters. The van der Waals surface area contributed by atoms with E-state index in [1.165, 1.54) is 6.92 Å². The molecule has 1 fully saturated rings. The van der Waals surface area contributed by atoms with Crippen molar-refractivity contribution < 1.29 is 14.3 Å². The van der Waals surface area contributed by atoms with Crippen LogP contribution in [0, 0.1) is 0 Å². The zero-order valence-electron chi connectivity index (χ0n) is 9.23. The fourth-order valence-corrected chi connectivity index (χ4v) is 1.99. The lowest BCUT2D eigenvalue weighted by Gasteiger charge is -2.25. The summed E-state index contributed by atoms with van der Waals surface area (Å²) in [5.74, 6) is -0.410. The molecule has 0 radical (unpaired) electrons. The Balaban J connectivity index is 2.77. The van der Waals surface area contributed by atoms with Crippen LogP contribution in [0.15, 0.2) is 12.7 Å². The predicted octanol–water partition coefficient (Wildman–Crippen LogP) is 1.11. The van der Waals surface area contributed by atoms with Gasteiger partial charge in [-0.15, -0.1) is 6.58 Å². The summed E-state index contributed by atoms with van der Waals surface area (Å²) < 4.78 is 4.93. The fraction of sp³-hybridized carbons (Fsp3) is 0.636. The van der Waals surface area contributed by atoms with Crippen molar-refractivity contribution in [3.05, 3.63) is 12.7 Å². The number of amides is 1. The van der Waals surface area contributed by atoms with Crippen LogP contribution in [-0.4, -0.2) is 35.5 Å². The highest BCUT2D eigenvalue weighted by Gasteiger charge is 2.38. The van der Waals surface area contributed by atoms with Crippen LogP contribution in [0.2, 0.25) is 0 Å². The second-order valence-corrected chi connectivity index (χ2v) is 3.57. The van der Waals surface area contributed by atoms with Gasteiger partial charge >= 0.3 is 5.97 Å². The van der Waals surface area contributed by atoms with E-state index in [9.17, 15) is 9.59 Å². The molecule has 1 aliphatic heterocycles. The molecule has 1 heterocycles. The van der Waals surface area contributed by atoms with Crippen molar-refractivity contribution in [2.45, 2.75) is 38.8 Å². The molecule has 1 rings (SSSR count). The number of likely N-dealkylation sites (tertiary alicyclic amines) is 1. The predicted molar refractivity (Wildman–Crippen MR) is 56.2 cm³/mol. The number of carbonyl (C=O) groups excluding carboxylic acids is 2. The molecule has 0 aromatic rings. The summed E-state index contributed by atoms with van der Waals surface area (Å²) in [7, 11) is 0. The van der Waals surface area contributed by atoms with E-state index >= 15 is 0 Å². The van der Waals surface area contributed by atoms with E-state index in [1.54, 1.807) is 17.9 Å². The maximum absolute atomic E-state index is 11.6. The van der Waals surface area contributed by atoms with Crippen LogP contribution >= 0.6 is 0 Å². The molecule has 0 bridgehead atoms. The van der Waals surface area contributed by atoms with Crippen molar-refractivity contribution in [3.63, 3.8) is 0 Å². The molecule has 0 N–H and O–H groups in total. The van der Waals surface area contributed by atoms with E-state index in [0.717, 1.165) is 6.42 Å². The highest BCUT2D eigenvalue weighted by Crippen LogP contribution is 2.25. The minimum Gasteiger partial charge on any atom is -0.464 e. The average molecular weight is 211 g/mol. The summed E-state index contributed by atoms with van der Waals surface area (Å²) in [6.45, 7) is 7.24. The molecule has 0 aromatic carbocycles. The minimum atomic E-state index is -0.426. The summed E-state index contributed by atoms with van der Waals surface area (Å²) in [5, 5.41) is 0. The Morgan fingerprint density at radius 3 is 2.67 bits per heavy atom. The van der Waals surface area contributed by atoms with Gasteiger partial charge in [0.15, 0.2) is 0 Å². The standard InChI is InChI=1S/C11H17NO3/c1-4-9-6-7-10(11(14)15-5-2)12(9)8(3)13/h4,9-10H,1,5-7H2,2-3H3/t9-,10+/m0/s1. The van der Waals surface area contributed by atoms with Gasteiger partial charge in [0.25, 0.3) is 0 Å². The molecule has 0 aliphatic carbocycles. The zero-order chi connectivity index (χ0) is 11.4. The lowest BCUT2D eigenvalue weighted by molar-refractivity contribution is -0.153. The van der Waals surface area contributed by atoms with E-state index in [1.807, 2.05) is 0 Å². The van der Waals surface area contributed by atoms with Crippen LogP contribution in [0.4, 0.5) is 0 Å². The number of hydrogen-bond acceptors (Lipinski definition) is 3. The van der Waals surface area contributed by atoms with Crippen LogP contribution in [0.5, 0.6) is 0 Å². The van der Waals surface area contributed by atoms with Gasteiger partial charge in [-0.25, -0.2) is 4.79 Å². The third-order valence-electron chi connectivity index (χ3n) is 2.62. The van der Waals surface area contributed by atoms with Crippen LogP contribution in [-0.2, 0) is 14.3 Å². The second kappa shape index (κ2) is 4.96. The van der Waals surface area contributed by atoms with Crippen LogP contribution in [0.25, 0.3) is 0 Å². The van der Waals surface area contributed by atoms with Gasteiger partial charge < -0.3 is 9.64 Å². The molecule has 4 heteroatoms. The van der Waals surface area contributed by atoms with Crippen LogP contribution in [0.3, 0.4) is 0 Å². The van der Waals surface area contributed by atoms with Gasteiger partial charge in [0.05, 0.1) is 12.6 Å². The van der Waals surface area contributed by atoms with E-state index in [0.29, 0.717) is 13.0 Å². The monoisotopic (exact) mass is 211 g/mol. The molecule has 84 valence electrons. The molecule has 1 saturated heterocycles. The Kier molecular flexibility index (Phi) is 3.88. The molecule has 15 heavy (non-hydrogen) atoms. The highest BCUT2D eigenvalue weighted by atomic mass is 16.5. The van der Waals surface area contributed by atoms with Crippen molar-refractivity contribution in [3.8, 4) is 0 Å². The van der Waals surface area contributed by atoms with Gasteiger partial charge in [-0.3, -0.25) is 4.79 Å². The number of ether oxygens (including phenoxy) is 1. The topological polar surface area (TPSA) is 46.6 Å². The number of carbonyl (C=O) groups is 2. The van der Waals surface area contributed by atoms with E-state index in [-0.39, 0.29) is 17.9 Å². The van der Waals surface area contributed by atoms with E-state index < -0.39 is 6.04 Å². The summed E-state index contributed by atoms with van der Waals surface area (Å²) in [5.41, 5.74) is 0. The molecule has 1 amide bonds. The van der Waals surface area contributed by atoms with Crippen LogP contribution < -0.4 is 0 Å². The Bertz CT molecular complexity index is 275. The van der Waals surface area contributed by atoms with Crippen LogP contribution in [0.1, 0.15) is 26.7 Å². The SMILES string of the molecule is C=C[C@H]1CC[C@H](C(=O)OCC)N1C(C)=O. The summed E-state index contributed by atoms with van der Waals surface area (Å²) in [6.07, 6.45) is 3.16. The first-order valence-electron chi connectivity index (χ1n) is 5.19. The molecular formula is C11H17NO3. The van der Waals surface area contributed by atoms with Crippen molar-refractivity contribution in [1.29, 1.82) is 0 Å². The van der Waals surface area contributed by atoms with Gasteiger partial charge in [-0.1, -0.05) is 6.08 Å². The Hall–Kier alpha value is -1.32. The molecule has 0 spiro atoms. The first kappa shape index (κ1) is 11.8. The Morgan fingerprint density at radius 1 is 1.53 bits per heavy atom. The smallest absolute Gasteiger partial charge is 0.328 e. The third kappa shape index (κ3) is 2.37. The molecule has 4 nitrogen and oxygen atoms in total. The van der Waals surface area contributed by atoms with E-state index in [4.69, 9.17) is 4.74 Å². The van der Waals surface area contributed by atoms with Crippen molar-refractivity contribution >= 4 is 11.9 Å². The lowest BCUT2D eigenvalue weighted by atomic mass is 10.2. The Morgan fingerprint density at radius 2 is 2.20 bits per heavy atom. The summed E-state index contributed by atoms with van der Waals surface area (Å²) in [4.78, 5) is 24.5. The normalized spacial score (nSPS) is 25.1. The molecule has 0 saturated carbocycles. The molecule has 2 atom stereocenters. The number of rotatable bonds is 3. The Labute approximate surface area is 89.9 Å². The largest absolute Gasteiger partial charge is 0.464 e. The van der Waals surface area contributed by atoms with Gasteiger partial charge in [0.2, 0.25) is 5.91 Å². The molecule has 0 aromatic heterocycles. The number of nitrogens with zero attached hydrogens (tertiary/aromatic N) is 1. The lowest BCUT2D eigenvalue weighted by Crippen LogP contribution is -2.43. The number of hydrogen-bond donors (Lipinski definition) is 0. The maximum Gasteiger partial charge on any atom is 0.328 e. The van der Waals surface area contributed by atoms with Gasteiger partial charge in [-0.05, 0) is 19.8 Å². The molecular weight excluding hydrogens is 194 g/mol. The minimum absolute atomic E-state index is 0.0306. The first-order valence-corrected chi connectivity index (χ1v) is 5.19. The molecule has 1 aliphatic rings. The van der Waals surface area contributed by atoms with Crippen molar-refractivity contribution in [2.75, 3.05) is 6.61 Å². The quantitative estimate of drug-likeness (QED) is 0.519. The first-order chi connectivity index (χ1) is 7.11. The van der Waals surface area contributed by atoms with Gasteiger partial charge in [0.1, 0.15) is 6.04 Å². The second-order valence-electron chi connectivity index (χ2n) is 3.57. The van der Waals surface area contributed by atoms with Gasteiger partial charge in [-0.2, -0.15) is 0 Å². The highest BCUT2D eigenvalue weighted by molar-refractivity contribution is 5.84. The average Bonchev–Trinajstić information content (AvgIpc) is 2.61. The fourth-order valence-electron chi connectivity index (χ4n) is 1.99. The zero-order valence-corrected chi connectivity index (χ0v) is 9.23. The van der Waals surface area contributed by atoms with Gasteiger partial charge in [0, 0.05) is 6.92 Å². The maximum atomic E-state index is 11.6. The summed E-state index contributed by atoms with van der Waals surface area (Å²) in [6, 6.07) is -0.456. The van der Waals surface area contributed by atoms with Crippen molar-refractivity contribution in [1.82, 2.24) is 4.90 Å². The summed E-state index contributed by atoms with van der Waals surface area (Å²) >= 11 is 0.